The van der Waals surface area contributed by atoms with Crippen LogP contribution in [0.3, 0.4) is 0 Å². The first kappa shape index (κ1) is 78.0. The molecule has 4 aliphatic rings. The molecule has 0 radical (unpaired) electrons. The van der Waals surface area contributed by atoms with Gasteiger partial charge in [0.05, 0.1) is 26.1 Å². The molecule has 4 fully saturated rings. The number of hydrogen-bond acceptors (Lipinski definition) is 24. The minimum atomic E-state index is -3.30. The van der Waals surface area contributed by atoms with Crippen LogP contribution in [-0.4, -0.2) is 206 Å². The fourth-order valence-corrected chi connectivity index (χ4v) is 13.1. The Bertz CT molecular complexity index is 5560. The molecule has 814 valence electrons. The summed E-state index contributed by atoms with van der Waals surface area (Å²) in [4.78, 5) is 195. The smallest absolute Gasteiger partial charge is 0.338 e. The molecule has 6 amide bonds. The Kier molecular flexibility index (Phi) is 40.5. The average molecular weight is 2030 g/mol. The number of carbonyl (C=O) groups excluding carboxylic acids is 16. The van der Waals surface area contributed by atoms with Crippen molar-refractivity contribution >= 4 is 94.0 Å². The van der Waals surface area contributed by atoms with Gasteiger partial charge in [-0.15, -0.1) is 0 Å². The van der Waals surface area contributed by atoms with Crippen LogP contribution in [0.5, 0.6) is 0 Å². The Balaban J connectivity index is -0.00000207. The fraction of sp³-hybridized carbons (Fsp3) is 0.855. The predicted octanol–water partition coefficient (Wildman–Crippen LogP) is 18.0. The Labute approximate surface area is 904 Å². The molecule has 4 aliphatic heterocycles. The zero-order valence-corrected chi connectivity index (χ0v) is 88.9. The van der Waals surface area contributed by atoms with Gasteiger partial charge in [-0.3, -0.25) is 67.1 Å². The normalized spacial score (nSPS) is 26.9. The number of ketones is 6. The molecule has 4 rings (SSSR count). The fourth-order valence-electron chi connectivity index (χ4n) is 13.1. The van der Waals surface area contributed by atoms with Crippen LogP contribution in [0.15, 0.2) is 0 Å². The first-order valence-corrected chi connectivity index (χ1v) is 47.8. The van der Waals surface area contributed by atoms with E-state index in [0.717, 1.165) is 41.5 Å². The summed E-state index contributed by atoms with van der Waals surface area (Å²) >= 11 is 0. The zero-order valence-electron chi connectivity index (χ0n) is 131. The number of rotatable bonds is 60. The van der Waals surface area contributed by atoms with Crippen LogP contribution < -0.4 is 31.9 Å². The molecule has 4 saturated heterocycles. The quantitative estimate of drug-likeness (QED) is 0.0187. The lowest BCUT2D eigenvalue weighted by Gasteiger charge is -2.23. The SMILES string of the molecule is [2H]C(C)(C)CCNC(=O)[C@@H](CC(=O)OC(C)(C)C)CC(C)C.[2H]C(C)(C)CCNC(=O)[C@@H](CC(=O)[C@H]1O[C@@H]1C(=O)OCC)CC(C)C.[2H]C([2H])([2H])C([2H])(C)C([2H])([2H])C([2H])([2H])C.[2H]C([2H])([2H])C([2H])(C)C([2H])([2H])C([2H])([2H])NC(=O)[C@@H](CC(=O)OC(C)(C)C)CC(C)C.[2H]C([2H])([2H])C([2H])(C)C([2H])([2H])C([2H])([2H])NC(=O)[C@@H](CC(=O)[C@H]1O[C@@H]1C(=O)OCC)CC(C)C.[2H]C([2H])([2H])C([2H])(C)C([2H])([2H])C([2H])([2H])NC(=O)[C@@H](CC(=O)[C@H]1O[C@@H]1C(C)=O)CC(C)C.[2H]C([2H])([2H])C([2H])(C)CCNC(=O)[C@@H](CC(=O)[C@H]1O[C@@H]1C(C)=O)CC([2H])(C)C([2H])([2H])[2H]. The third-order valence-electron chi connectivity index (χ3n) is 19.4. The summed E-state index contributed by atoms with van der Waals surface area (Å²) < 4.78 is 360. The van der Waals surface area contributed by atoms with Crippen LogP contribution in [0.4, 0.5) is 0 Å². The van der Waals surface area contributed by atoms with Crippen molar-refractivity contribution in [2.24, 2.45) is 112 Å². The second kappa shape index (κ2) is 72.8. The van der Waals surface area contributed by atoms with Crippen molar-refractivity contribution in [3.05, 3.63) is 0 Å². The van der Waals surface area contributed by atoms with Gasteiger partial charge in [0.15, 0.2) is 59.1 Å². The Morgan fingerprint density at radius 2 is 0.529 bits per heavy atom. The summed E-state index contributed by atoms with van der Waals surface area (Å²) in [5.74, 6) is -29.4. The standard InChI is InChI=1S/2C18H31NO5.2C17H29NO4.2C17H33NO3.C6H14/c2*1-6-23-18(22)16-15(24-16)14(20)10-13(9-12(4)5)17(21)19-8-7-11(2)3;2*1-10(2)6-7-18-17(21)13(8-11(3)4)9-14(20)16-15(22-16)12(5)19;2*1-12(2)8-9-18-16(20)14(10-13(3)4)11-15(19)21-17(5,6)7;1-4-5-6(2)3/h2*11-13,15-16H,6-10H2,1-5H3,(H,19,21);2*10-11,13,15-16H,6-9H2,1-5H3,(H,18,21);2*12-14H,8-11H2,1-7H3,(H,18,20);6H,4-5H2,1-3H3/t2*13-,15-,16+;2*13-,15-,16-;2*14-;/m111111./s1/i2D3,7D2,8D2,11D;11D;1D3,6D2,7D2,10D;1D3,3D3,10D,11D;1D3,8D2,9D2,12D;12D;2D3,4D2,5D2,6D/t11?,13-,15-,16+;m;10?,13-,15-,16-;10?,11?,13-,15-,16-;12?,14-;m;. The molecule has 0 aliphatic carbocycles. The van der Waals surface area contributed by atoms with Crippen molar-refractivity contribution in [3.8, 4) is 0 Å². The molecule has 6 N–H and O–H groups in total. The topological polar surface area (TPSA) is 432 Å². The van der Waals surface area contributed by atoms with Crippen LogP contribution in [0, 0.1) is 112 Å². The van der Waals surface area contributed by atoms with E-state index < -0.39 is 301 Å². The lowest BCUT2D eigenvalue weighted by atomic mass is 9.90. The zero-order chi connectivity index (χ0) is 145. The third-order valence-corrected chi connectivity index (χ3v) is 19.4. The number of hydrogen-bond donors (Lipinski definition) is 6. The molecular formula is C110H200N6O24. The summed E-state index contributed by atoms with van der Waals surface area (Å²) in [5.41, 5.74) is -1.31. The molecule has 30 heteroatoms. The van der Waals surface area contributed by atoms with Gasteiger partial charge < -0.3 is 69.8 Å². The highest BCUT2D eigenvalue weighted by Crippen LogP contribution is 2.34. The predicted molar refractivity (Wildman–Crippen MR) is 551 cm³/mol. The van der Waals surface area contributed by atoms with Crippen LogP contribution in [0.1, 0.15) is 441 Å². The number of nitrogens with one attached hydrogen (secondary N) is 6. The highest BCUT2D eigenvalue weighted by Gasteiger charge is 2.54. The number of Topliss-reactive ketones (excluding diaryl/α,β-unsaturated/α-hetero) is 6. The summed E-state index contributed by atoms with van der Waals surface area (Å²) in [6, 6.07) is 0. The number of esters is 4. The first-order chi connectivity index (χ1) is 80.5. The monoisotopic (exact) mass is 2030 g/mol. The van der Waals surface area contributed by atoms with E-state index in [4.69, 9.17) is 95.5 Å². The van der Waals surface area contributed by atoms with Crippen molar-refractivity contribution in [3.63, 3.8) is 0 Å². The van der Waals surface area contributed by atoms with Gasteiger partial charge in [-0.2, -0.15) is 0 Å². The lowest BCUT2D eigenvalue weighted by molar-refractivity contribution is -0.158. The van der Waals surface area contributed by atoms with Gasteiger partial charge in [0.2, 0.25) is 35.4 Å². The summed E-state index contributed by atoms with van der Waals surface area (Å²) in [7, 11) is 0. The van der Waals surface area contributed by atoms with Crippen LogP contribution in [-0.2, 0) is 115 Å². The van der Waals surface area contributed by atoms with Crippen LogP contribution >= 0.6 is 0 Å². The summed E-state index contributed by atoms with van der Waals surface area (Å²) in [6.07, 6.45) is -21.4. The molecular weight excluding hydrogens is 1790 g/mol. The van der Waals surface area contributed by atoms with E-state index in [9.17, 15) is 76.7 Å². The number of ether oxygens (including phenoxy) is 8. The molecule has 140 heavy (non-hydrogen) atoms. The molecule has 4 heterocycles. The van der Waals surface area contributed by atoms with Crippen molar-refractivity contribution < 1.29 is 172 Å². The van der Waals surface area contributed by atoms with Crippen LogP contribution in [0.25, 0.3) is 0 Å². The van der Waals surface area contributed by atoms with Gasteiger partial charge in [0.25, 0.3) is 0 Å². The van der Waals surface area contributed by atoms with Crippen molar-refractivity contribution in [1.82, 2.24) is 31.9 Å². The molecule has 0 saturated carbocycles. The van der Waals surface area contributed by atoms with Crippen molar-refractivity contribution in [2.45, 2.75) is 444 Å². The van der Waals surface area contributed by atoms with E-state index in [1.54, 1.807) is 90.0 Å². The van der Waals surface area contributed by atoms with E-state index in [2.05, 4.69) is 16.0 Å². The minimum Gasteiger partial charge on any atom is -0.464 e. The Morgan fingerprint density at radius 3 is 0.743 bits per heavy atom. The molecule has 0 bridgehead atoms. The summed E-state index contributed by atoms with van der Waals surface area (Å²) in [6.45, 7) is 22.5. The van der Waals surface area contributed by atoms with Gasteiger partial charge in [-0.1, -0.05) is 199 Å². The van der Waals surface area contributed by atoms with Crippen LogP contribution in [0.2, 0.25) is 0 Å². The molecule has 6 unspecified atom stereocenters. The highest BCUT2D eigenvalue weighted by atomic mass is 16.7. The lowest BCUT2D eigenvalue weighted by Crippen LogP contribution is -2.35. The Hall–Kier alpha value is -7.44. The number of epoxide rings is 4. The van der Waals surface area contributed by atoms with Gasteiger partial charge in [0, 0.05) is 158 Å². The maximum Gasteiger partial charge on any atom is 0.338 e. The largest absolute Gasteiger partial charge is 0.464 e. The van der Waals surface area contributed by atoms with Gasteiger partial charge in [-0.25, -0.2) is 9.59 Å². The highest BCUT2D eigenvalue weighted by molar-refractivity contribution is 6.00. The minimum absolute atomic E-state index is 0.0281. The van der Waals surface area contributed by atoms with Crippen molar-refractivity contribution in [1.29, 1.82) is 0 Å². The van der Waals surface area contributed by atoms with E-state index in [1.807, 2.05) is 78.3 Å². The van der Waals surface area contributed by atoms with Gasteiger partial charge in [0.1, 0.15) is 35.6 Å². The number of carbonyl (C=O) groups is 16. The molecule has 30 nitrogen and oxygen atoms in total. The first-order valence-electron chi connectivity index (χ1n) is 68.8. The number of amides is 6. The molecule has 0 aromatic heterocycles. The molecule has 0 spiro atoms. The van der Waals surface area contributed by atoms with Crippen molar-refractivity contribution in [2.75, 3.05) is 52.3 Å². The second-order valence-corrected chi connectivity index (χ2v) is 39.6. The van der Waals surface area contributed by atoms with E-state index in [-0.39, 0.29) is 142 Å². The molecule has 0 aromatic carbocycles. The Morgan fingerprint density at radius 1 is 0.300 bits per heavy atom. The maximum absolute atomic E-state index is 12.8. The molecule has 20 atom stereocenters. The van der Waals surface area contributed by atoms with E-state index >= 15 is 0 Å². The maximum atomic E-state index is 12.8. The molecule has 0 aromatic rings. The second-order valence-electron chi connectivity index (χ2n) is 39.6. The average Bonchev–Trinajstić information content (AvgIpc) is 1.08. The van der Waals surface area contributed by atoms with Gasteiger partial charge >= 0.3 is 23.9 Å². The van der Waals surface area contributed by atoms with E-state index in [1.165, 1.54) is 20.8 Å². The third kappa shape index (κ3) is 71.1. The summed E-state index contributed by atoms with van der Waals surface area (Å²) in [5, 5.41) is 13.7. The van der Waals surface area contributed by atoms with Gasteiger partial charge in [-0.05, 0) is 223 Å². The van der Waals surface area contributed by atoms with E-state index in [0.29, 0.717) is 44.7 Å².